The number of carbonyl (C=O) groups is 3. The van der Waals surface area contributed by atoms with Gasteiger partial charge in [0.15, 0.2) is 5.03 Å². The van der Waals surface area contributed by atoms with Crippen molar-refractivity contribution in [2.45, 2.75) is 64.1 Å². The summed E-state index contributed by atoms with van der Waals surface area (Å²) in [5.41, 5.74) is 6.32. The molecule has 2 atom stereocenters. The van der Waals surface area contributed by atoms with Crippen molar-refractivity contribution in [1.82, 2.24) is 21.0 Å². The van der Waals surface area contributed by atoms with Gasteiger partial charge in [-0.2, -0.15) is 0 Å². The molecular formula is C18H33N7O7. The van der Waals surface area contributed by atoms with Gasteiger partial charge in [-0.25, -0.2) is 19.9 Å². The van der Waals surface area contributed by atoms with Gasteiger partial charge in [0.1, 0.15) is 11.6 Å². The molecule has 1 fully saturated rings. The van der Waals surface area contributed by atoms with Gasteiger partial charge >= 0.3 is 6.09 Å². The Hall–Kier alpha value is -3.16. The highest BCUT2D eigenvalue weighted by Crippen LogP contribution is 2.13. The second-order valence-electron chi connectivity index (χ2n) is 8.33. The third kappa shape index (κ3) is 10.7. The molecule has 3 amide bonds. The average molecular weight is 460 g/mol. The predicted molar refractivity (Wildman–Crippen MR) is 114 cm³/mol. The number of likely N-dealkylation sites (tertiary alicyclic amines) is 1. The van der Waals surface area contributed by atoms with Crippen molar-refractivity contribution in [2.24, 2.45) is 10.7 Å². The van der Waals surface area contributed by atoms with Crippen LogP contribution in [0, 0.1) is 10.1 Å². The number of aliphatic hydroxyl groups excluding tert-OH is 1. The first-order valence-corrected chi connectivity index (χ1v) is 10.3. The van der Waals surface area contributed by atoms with Crippen molar-refractivity contribution < 1.29 is 29.3 Å². The molecule has 1 rings (SSSR count). The summed E-state index contributed by atoms with van der Waals surface area (Å²) >= 11 is 0. The molecule has 0 bridgehead atoms. The summed E-state index contributed by atoms with van der Waals surface area (Å²) in [5, 5.41) is 24.1. The normalized spacial score (nSPS) is 18.0. The number of aliphatic hydroxyl groups is 1. The summed E-state index contributed by atoms with van der Waals surface area (Å²) in [4.78, 5) is 52.2. The Morgan fingerprint density at radius 2 is 2.12 bits per heavy atom. The summed E-state index contributed by atoms with van der Waals surface area (Å²) in [6, 6.07) is -1.34. The van der Waals surface area contributed by atoms with Crippen LogP contribution in [0.1, 0.15) is 46.5 Å². The smallest absolute Gasteiger partial charge is 0.408 e. The van der Waals surface area contributed by atoms with Gasteiger partial charge in [-0.15, -0.1) is 0 Å². The van der Waals surface area contributed by atoms with Crippen LogP contribution in [0.15, 0.2) is 4.99 Å². The molecule has 6 N–H and O–H groups in total. The van der Waals surface area contributed by atoms with Crippen molar-refractivity contribution in [3.05, 3.63) is 10.1 Å². The van der Waals surface area contributed by atoms with E-state index in [2.05, 4.69) is 15.6 Å². The molecule has 1 aliphatic rings. The van der Waals surface area contributed by atoms with Crippen LogP contribution < -0.4 is 21.8 Å². The number of carbonyl (C=O) groups excluding carboxylic acids is 3. The fourth-order valence-electron chi connectivity index (χ4n) is 3.00. The van der Waals surface area contributed by atoms with E-state index in [0.29, 0.717) is 32.2 Å². The Bertz CT molecular complexity index is 708. The number of rotatable bonds is 10. The molecule has 0 aromatic rings. The first kappa shape index (κ1) is 26.9. The standard InChI is InChI=1S/C18H33N7O7/c1-18(2,3)32-17(29)22-13-7-5-9-24(15(13)28)10-14(27)21-12(11-26)6-4-8-20-16(19)23-25(30)31/h12-13,26H,4-11H2,1-3H3,(H,21,27)(H,22,29)(H3,19,20,23). The first-order chi connectivity index (χ1) is 14.9. The van der Waals surface area contributed by atoms with E-state index in [1.807, 2.05) is 0 Å². The zero-order valence-electron chi connectivity index (χ0n) is 18.6. The van der Waals surface area contributed by atoms with E-state index in [4.69, 9.17) is 10.5 Å². The molecule has 182 valence electrons. The van der Waals surface area contributed by atoms with Gasteiger partial charge in [-0.05, 0) is 46.5 Å². The maximum absolute atomic E-state index is 12.6. The third-order valence-corrected chi connectivity index (χ3v) is 4.34. The van der Waals surface area contributed by atoms with Crippen LogP contribution >= 0.6 is 0 Å². The fourth-order valence-corrected chi connectivity index (χ4v) is 3.00. The molecule has 0 aromatic heterocycles. The van der Waals surface area contributed by atoms with Gasteiger partial charge in [-0.3, -0.25) is 9.59 Å². The van der Waals surface area contributed by atoms with E-state index < -0.39 is 34.7 Å². The van der Waals surface area contributed by atoms with E-state index in [1.54, 1.807) is 26.2 Å². The van der Waals surface area contributed by atoms with Gasteiger partial charge < -0.3 is 31.1 Å². The Morgan fingerprint density at radius 1 is 1.44 bits per heavy atom. The minimum Gasteiger partial charge on any atom is -0.444 e. The maximum atomic E-state index is 12.6. The van der Waals surface area contributed by atoms with Crippen LogP contribution in [-0.4, -0.2) is 82.8 Å². The second kappa shape index (κ2) is 12.6. The van der Waals surface area contributed by atoms with Gasteiger partial charge in [0.25, 0.3) is 5.96 Å². The molecule has 14 heteroatoms. The largest absolute Gasteiger partial charge is 0.444 e. The molecule has 1 saturated heterocycles. The van der Waals surface area contributed by atoms with Crippen LogP contribution in [0.4, 0.5) is 4.79 Å². The highest BCUT2D eigenvalue weighted by atomic mass is 16.7. The monoisotopic (exact) mass is 459 g/mol. The number of hydrazine groups is 1. The fraction of sp³-hybridized carbons (Fsp3) is 0.778. The third-order valence-electron chi connectivity index (χ3n) is 4.34. The van der Waals surface area contributed by atoms with Crippen molar-refractivity contribution >= 4 is 23.9 Å². The highest BCUT2D eigenvalue weighted by molar-refractivity contribution is 5.90. The number of nitro groups is 1. The number of nitrogens with one attached hydrogen (secondary N) is 3. The molecule has 1 heterocycles. The van der Waals surface area contributed by atoms with Gasteiger partial charge in [0, 0.05) is 13.1 Å². The lowest BCUT2D eigenvalue weighted by Gasteiger charge is -2.33. The predicted octanol–water partition coefficient (Wildman–Crippen LogP) is -1.14. The van der Waals surface area contributed by atoms with E-state index in [-0.39, 0.29) is 31.6 Å². The number of amides is 3. The lowest BCUT2D eigenvalue weighted by atomic mass is 10.0. The lowest BCUT2D eigenvalue weighted by molar-refractivity contribution is -0.525. The average Bonchev–Trinajstić information content (AvgIpc) is 2.65. The Kier molecular flexibility index (Phi) is 10.6. The number of hydrogen-bond donors (Lipinski definition) is 5. The lowest BCUT2D eigenvalue weighted by Crippen LogP contribution is -2.55. The molecule has 0 aromatic carbocycles. The molecule has 0 spiro atoms. The SMILES string of the molecule is CC(C)(C)OC(=O)NC1CCCN(CC(=O)NC(CO)CCCN=C(N)N[N+](=O)[O-])C1=O. The zero-order chi connectivity index (χ0) is 24.3. The summed E-state index contributed by atoms with van der Waals surface area (Å²) in [5.74, 6) is -1.16. The molecule has 14 nitrogen and oxygen atoms in total. The topological polar surface area (TPSA) is 202 Å². The number of nitrogens with zero attached hydrogens (tertiary/aromatic N) is 3. The molecular weight excluding hydrogens is 426 g/mol. The van der Waals surface area contributed by atoms with E-state index in [9.17, 15) is 29.6 Å². The summed E-state index contributed by atoms with van der Waals surface area (Å²) in [7, 11) is 0. The Labute approximate surface area is 186 Å². The van der Waals surface area contributed by atoms with Gasteiger partial charge in [0.05, 0.1) is 19.2 Å². The van der Waals surface area contributed by atoms with Crippen LogP contribution in [0.5, 0.6) is 0 Å². The summed E-state index contributed by atoms with van der Waals surface area (Å²) in [6.45, 7) is 5.16. The van der Waals surface area contributed by atoms with E-state index in [0.717, 1.165) is 0 Å². The molecule has 2 unspecified atom stereocenters. The van der Waals surface area contributed by atoms with Gasteiger partial charge in [0.2, 0.25) is 11.8 Å². The minimum atomic E-state index is -0.828. The number of ether oxygens (including phenoxy) is 1. The summed E-state index contributed by atoms with van der Waals surface area (Å²) in [6.07, 6.45) is 1.13. The minimum absolute atomic E-state index is 0.168. The van der Waals surface area contributed by atoms with Crippen LogP contribution in [0.2, 0.25) is 0 Å². The second-order valence-corrected chi connectivity index (χ2v) is 8.33. The number of nitrogens with two attached hydrogens (primary N) is 1. The van der Waals surface area contributed by atoms with Crippen molar-refractivity contribution in [2.75, 3.05) is 26.2 Å². The zero-order valence-corrected chi connectivity index (χ0v) is 18.6. The highest BCUT2D eigenvalue weighted by Gasteiger charge is 2.32. The first-order valence-electron chi connectivity index (χ1n) is 10.3. The van der Waals surface area contributed by atoms with Crippen molar-refractivity contribution in [1.29, 1.82) is 0 Å². The number of aliphatic imine (C=N–C) groups is 1. The van der Waals surface area contributed by atoms with E-state index in [1.165, 1.54) is 4.90 Å². The summed E-state index contributed by atoms with van der Waals surface area (Å²) < 4.78 is 5.17. The van der Waals surface area contributed by atoms with Crippen molar-refractivity contribution in [3.63, 3.8) is 0 Å². The maximum Gasteiger partial charge on any atom is 0.408 e. The number of alkyl carbamates (subject to hydrolysis) is 1. The number of guanidine groups is 1. The number of hydrogen-bond acceptors (Lipinski definition) is 8. The quantitative estimate of drug-likeness (QED) is 0.0879. The molecule has 32 heavy (non-hydrogen) atoms. The Morgan fingerprint density at radius 3 is 2.72 bits per heavy atom. The molecule has 0 saturated carbocycles. The molecule has 1 aliphatic heterocycles. The molecule has 0 aliphatic carbocycles. The van der Waals surface area contributed by atoms with Crippen molar-refractivity contribution in [3.8, 4) is 0 Å². The number of piperidine rings is 1. The molecule has 0 radical (unpaired) electrons. The van der Waals surface area contributed by atoms with Crippen LogP contribution in [0.25, 0.3) is 0 Å². The van der Waals surface area contributed by atoms with Crippen LogP contribution in [0.3, 0.4) is 0 Å². The van der Waals surface area contributed by atoms with Gasteiger partial charge in [-0.1, -0.05) is 5.43 Å². The van der Waals surface area contributed by atoms with E-state index >= 15 is 0 Å². The Balaban J connectivity index is 2.47. The van der Waals surface area contributed by atoms with Crippen LogP contribution in [-0.2, 0) is 14.3 Å².